The van der Waals surface area contributed by atoms with Crippen LogP contribution < -0.4 is 16.0 Å². The van der Waals surface area contributed by atoms with Gasteiger partial charge in [0.05, 0.1) is 0 Å². The van der Waals surface area contributed by atoms with Crippen LogP contribution in [0.1, 0.15) is 0 Å². The number of amidine groups is 1. The van der Waals surface area contributed by atoms with Crippen molar-refractivity contribution in [3.63, 3.8) is 0 Å². The Labute approximate surface area is 64.9 Å². The van der Waals surface area contributed by atoms with Gasteiger partial charge in [-0.3, -0.25) is 10.6 Å². The molecule has 5 nitrogen and oxygen atoms in total. The molecule has 0 saturated carbocycles. The molecule has 0 amide bonds. The van der Waals surface area contributed by atoms with Crippen LogP contribution in [0.15, 0.2) is 4.99 Å². The summed E-state index contributed by atoms with van der Waals surface area (Å²) in [5.41, 5.74) is 0. The normalized spacial score (nSPS) is 32.0. The fourth-order valence-electron chi connectivity index (χ4n) is 1.29. The molecule has 0 bridgehead atoms. The number of hydrogen-bond acceptors (Lipinski definition) is 4. The molecule has 2 heterocycles. The first-order chi connectivity index (χ1) is 5.36. The molecule has 1 unspecified atom stereocenters. The van der Waals surface area contributed by atoms with Crippen LogP contribution in [0.5, 0.6) is 0 Å². The van der Waals surface area contributed by atoms with Gasteiger partial charge in [0.2, 0.25) is 0 Å². The third-order valence-corrected chi connectivity index (χ3v) is 1.82. The van der Waals surface area contributed by atoms with Crippen molar-refractivity contribution in [2.24, 2.45) is 4.99 Å². The maximum atomic E-state index is 8.93. The summed E-state index contributed by atoms with van der Waals surface area (Å²) < 4.78 is 0. The summed E-state index contributed by atoms with van der Waals surface area (Å²) in [7, 11) is 0. The highest BCUT2D eigenvalue weighted by atomic mass is 16.3. The molecule has 11 heavy (non-hydrogen) atoms. The Morgan fingerprint density at radius 1 is 1.27 bits per heavy atom. The number of nitrogens with zero attached hydrogens (tertiary/aromatic N) is 1. The van der Waals surface area contributed by atoms with Crippen LogP contribution in [0.3, 0.4) is 0 Å². The van der Waals surface area contributed by atoms with Crippen LogP contribution >= 0.6 is 0 Å². The molecule has 5 heteroatoms. The van der Waals surface area contributed by atoms with Gasteiger partial charge >= 0.3 is 0 Å². The quantitative estimate of drug-likeness (QED) is 0.374. The molecule has 0 aliphatic carbocycles. The second kappa shape index (κ2) is 2.67. The summed E-state index contributed by atoms with van der Waals surface area (Å²) in [5, 5.41) is 18.0. The molecule has 2 aliphatic heterocycles. The van der Waals surface area contributed by atoms with Gasteiger partial charge in [0.25, 0.3) is 6.02 Å². The molecule has 1 atom stereocenters. The van der Waals surface area contributed by atoms with Crippen LogP contribution in [0.25, 0.3) is 0 Å². The van der Waals surface area contributed by atoms with E-state index in [9.17, 15) is 0 Å². The SMILES string of the molecule is OC1=NC([C]2NCCN2)CN1. The summed E-state index contributed by atoms with van der Waals surface area (Å²) in [6.45, 7) is 2.57. The maximum Gasteiger partial charge on any atom is 0.282 e. The molecular weight excluding hydrogens is 144 g/mol. The van der Waals surface area contributed by atoms with E-state index < -0.39 is 0 Å². The van der Waals surface area contributed by atoms with Crippen LogP contribution in [-0.2, 0) is 0 Å². The smallest absolute Gasteiger partial charge is 0.282 e. The van der Waals surface area contributed by atoms with E-state index in [1.54, 1.807) is 0 Å². The Morgan fingerprint density at radius 2 is 2.00 bits per heavy atom. The fraction of sp³-hybridized carbons (Fsp3) is 0.667. The number of hydrogen-bond donors (Lipinski definition) is 4. The summed E-state index contributed by atoms with van der Waals surface area (Å²) >= 11 is 0. The monoisotopic (exact) mass is 155 g/mol. The van der Waals surface area contributed by atoms with Crippen molar-refractivity contribution < 1.29 is 5.11 Å². The summed E-state index contributed by atoms with van der Waals surface area (Å²) in [6, 6.07) is 0.0931. The molecule has 0 aromatic carbocycles. The number of aliphatic hydroxyl groups is 1. The molecule has 0 spiro atoms. The Kier molecular flexibility index (Phi) is 1.67. The Hall–Kier alpha value is -0.810. The van der Waals surface area contributed by atoms with Crippen molar-refractivity contribution in [3.05, 3.63) is 6.17 Å². The van der Waals surface area contributed by atoms with E-state index in [4.69, 9.17) is 5.11 Å². The van der Waals surface area contributed by atoms with Crippen molar-refractivity contribution in [2.75, 3.05) is 19.6 Å². The van der Waals surface area contributed by atoms with Crippen LogP contribution in [0.2, 0.25) is 0 Å². The molecule has 0 aromatic heterocycles. The van der Waals surface area contributed by atoms with Gasteiger partial charge < -0.3 is 10.4 Å². The molecule has 61 valence electrons. The first-order valence-electron chi connectivity index (χ1n) is 3.71. The van der Waals surface area contributed by atoms with Gasteiger partial charge in [-0.1, -0.05) is 0 Å². The Balaban J connectivity index is 1.95. The molecule has 1 fully saturated rings. The third-order valence-electron chi connectivity index (χ3n) is 1.82. The van der Waals surface area contributed by atoms with E-state index >= 15 is 0 Å². The minimum absolute atomic E-state index is 0.0398. The molecular formula is C6H11N4O. The van der Waals surface area contributed by atoms with Gasteiger partial charge in [-0.25, -0.2) is 4.99 Å². The topological polar surface area (TPSA) is 68.7 Å². The number of aliphatic hydroxyl groups excluding tert-OH is 1. The Bertz CT molecular complexity index is 175. The van der Waals surface area contributed by atoms with Gasteiger partial charge in [-0.15, -0.1) is 0 Å². The lowest BCUT2D eigenvalue weighted by Gasteiger charge is -2.12. The number of aliphatic imine (C=N–C) groups is 1. The van der Waals surface area contributed by atoms with Gasteiger partial charge in [0, 0.05) is 19.6 Å². The lowest BCUT2D eigenvalue weighted by molar-refractivity contribution is 0.528. The second-order valence-electron chi connectivity index (χ2n) is 2.62. The van der Waals surface area contributed by atoms with Gasteiger partial charge in [0.1, 0.15) is 12.2 Å². The average molecular weight is 155 g/mol. The largest absolute Gasteiger partial charge is 0.481 e. The minimum Gasteiger partial charge on any atom is -0.481 e. The fourth-order valence-corrected chi connectivity index (χ4v) is 1.29. The maximum absolute atomic E-state index is 8.93. The predicted molar refractivity (Wildman–Crippen MR) is 41.1 cm³/mol. The summed E-state index contributed by atoms with van der Waals surface area (Å²) in [5.74, 6) is 0. The zero-order chi connectivity index (χ0) is 7.68. The zero-order valence-corrected chi connectivity index (χ0v) is 6.09. The zero-order valence-electron chi connectivity index (χ0n) is 6.09. The summed E-state index contributed by atoms with van der Waals surface area (Å²) in [4.78, 5) is 3.97. The highest BCUT2D eigenvalue weighted by Gasteiger charge is 2.28. The van der Waals surface area contributed by atoms with Crippen molar-refractivity contribution >= 4 is 6.02 Å². The van der Waals surface area contributed by atoms with Gasteiger partial charge in [0.15, 0.2) is 0 Å². The minimum atomic E-state index is 0.0398. The Morgan fingerprint density at radius 3 is 2.55 bits per heavy atom. The molecule has 1 saturated heterocycles. The van der Waals surface area contributed by atoms with Crippen LogP contribution in [0, 0.1) is 6.17 Å². The standard InChI is InChI=1S/C6H11N4O/c11-6-9-3-4(10-6)5-7-1-2-8-5/h4,7-8H,1-3H2,(H2,9,10,11). The lowest BCUT2D eigenvalue weighted by Crippen LogP contribution is -2.35. The van der Waals surface area contributed by atoms with E-state index in [-0.39, 0.29) is 12.1 Å². The molecule has 2 aliphatic rings. The van der Waals surface area contributed by atoms with Gasteiger partial charge in [-0.2, -0.15) is 0 Å². The second-order valence-corrected chi connectivity index (χ2v) is 2.62. The van der Waals surface area contributed by atoms with Crippen molar-refractivity contribution in [1.29, 1.82) is 0 Å². The van der Waals surface area contributed by atoms with Crippen molar-refractivity contribution in [1.82, 2.24) is 16.0 Å². The summed E-state index contributed by atoms with van der Waals surface area (Å²) in [6.07, 6.45) is 1.02. The van der Waals surface area contributed by atoms with Crippen molar-refractivity contribution in [3.8, 4) is 0 Å². The number of rotatable bonds is 1. The predicted octanol–water partition coefficient (Wildman–Crippen LogP) is -1.45. The molecule has 1 radical (unpaired) electrons. The number of nitrogens with one attached hydrogen (secondary N) is 3. The molecule has 4 N–H and O–H groups in total. The first kappa shape index (κ1) is 6.87. The van der Waals surface area contributed by atoms with E-state index in [1.807, 2.05) is 0 Å². The van der Waals surface area contributed by atoms with E-state index in [1.165, 1.54) is 0 Å². The average Bonchev–Trinajstić information content (AvgIpc) is 2.55. The third kappa shape index (κ3) is 1.29. The highest BCUT2D eigenvalue weighted by Crippen LogP contribution is 2.09. The lowest BCUT2D eigenvalue weighted by atomic mass is 10.2. The van der Waals surface area contributed by atoms with E-state index in [0.717, 1.165) is 19.3 Å². The van der Waals surface area contributed by atoms with E-state index in [0.29, 0.717) is 6.54 Å². The van der Waals surface area contributed by atoms with Crippen molar-refractivity contribution in [2.45, 2.75) is 6.04 Å². The first-order valence-corrected chi connectivity index (χ1v) is 3.71. The highest BCUT2D eigenvalue weighted by molar-refractivity contribution is 5.73. The van der Waals surface area contributed by atoms with E-state index in [2.05, 4.69) is 20.9 Å². The van der Waals surface area contributed by atoms with Gasteiger partial charge in [-0.05, 0) is 0 Å². The molecule has 0 aromatic rings. The van der Waals surface area contributed by atoms with Crippen LogP contribution in [-0.4, -0.2) is 36.8 Å². The van der Waals surface area contributed by atoms with Crippen LogP contribution in [0.4, 0.5) is 0 Å². The molecule has 2 rings (SSSR count).